The number of rotatable bonds is 8. The molecule has 1 unspecified atom stereocenters. The number of aryl methyl sites for hydroxylation is 1. The molecule has 0 spiro atoms. The average molecular weight is 528 g/mol. The van der Waals surface area contributed by atoms with Crippen molar-refractivity contribution in [1.82, 2.24) is 9.88 Å². The van der Waals surface area contributed by atoms with Crippen molar-refractivity contribution in [1.29, 1.82) is 0 Å². The van der Waals surface area contributed by atoms with Crippen molar-refractivity contribution in [2.45, 2.75) is 39.2 Å². The number of hydrogen-bond acceptors (Lipinski definition) is 5. The van der Waals surface area contributed by atoms with Crippen LogP contribution in [0.2, 0.25) is 0 Å². The van der Waals surface area contributed by atoms with Crippen LogP contribution in [0.3, 0.4) is 0 Å². The lowest BCUT2D eigenvalue weighted by Crippen LogP contribution is -2.34. The van der Waals surface area contributed by atoms with Gasteiger partial charge in [-0.25, -0.2) is 4.79 Å². The monoisotopic (exact) mass is 528 g/mol. The first-order chi connectivity index (χ1) is 13.7. The second-order valence-electron chi connectivity index (χ2n) is 7.58. The third kappa shape index (κ3) is 7.90. The summed E-state index contributed by atoms with van der Waals surface area (Å²) < 4.78 is 10.7. The predicted molar refractivity (Wildman–Crippen MR) is 124 cm³/mol. The van der Waals surface area contributed by atoms with E-state index in [0.717, 1.165) is 17.9 Å². The van der Waals surface area contributed by atoms with E-state index < -0.39 is 5.60 Å². The number of ketones is 1. The number of aromatic nitrogens is 1. The minimum atomic E-state index is -0.501. The summed E-state index contributed by atoms with van der Waals surface area (Å²) in [6, 6.07) is 10.8. The third-order valence-corrected chi connectivity index (χ3v) is 4.96. The largest absolute Gasteiger partial charge is 0.467 e. The fraction of sp³-hybridized carbons (Fsp3) is 0.381. The van der Waals surface area contributed by atoms with Crippen LogP contribution in [0.5, 0.6) is 5.75 Å². The molecule has 0 saturated heterocycles. The minimum Gasteiger partial charge on any atom is -0.467 e. The summed E-state index contributed by atoms with van der Waals surface area (Å²) in [4.78, 5) is 30.5. The van der Waals surface area contributed by atoms with Gasteiger partial charge >= 0.3 is 6.09 Å². The van der Waals surface area contributed by atoms with E-state index >= 15 is 0 Å². The van der Waals surface area contributed by atoms with Gasteiger partial charge in [0.2, 0.25) is 0 Å². The molecule has 2 rings (SSSR count). The van der Waals surface area contributed by atoms with Crippen LogP contribution >= 0.6 is 28.5 Å². The van der Waals surface area contributed by atoms with E-state index in [4.69, 9.17) is 9.26 Å². The van der Waals surface area contributed by atoms with Crippen LogP contribution < -0.4 is 4.52 Å². The highest BCUT2D eigenvalue weighted by atomic mass is 127. The lowest BCUT2D eigenvalue weighted by molar-refractivity contribution is 0.0297. The van der Waals surface area contributed by atoms with Crippen molar-refractivity contribution in [3.8, 4) is 5.75 Å². The molecule has 156 valence electrons. The first-order valence-electron chi connectivity index (χ1n) is 9.26. The van der Waals surface area contributed by atoms with Gasteiger partial charge < -0.3 is 14.2 Å². The zero-order valence-corrected chi connectivity index (χ0v) is 20.2. The maximum atomic E-state index is 12.6. The van der Waals surface area contributed by atoms with Gasteiger partial charge in [-0.3, -0.25) is 9.78 Å². The summed E-state index contributed by atoms with van der Waals surface area (Å²) in [5.41, 5.74) is 1.52. The topological polar surface area (TPSA) is 68.7 Å². The number of carbonyl (C=O) groups is 2. The van der Waals surface area contributed by atoms with Crippen LogP contribution in [0.15, 0.2) is 42.6 Å². The van der Waals surface area contributed by atoms with Crippen LogP contribution in [-0.4, -0.2) is 41.0 Å². The third-order valence-electron chi connectivity index (χ3n) is 3.99. The number of nitrogens with zero attached hydrogens (tertiary/aromatic N) is 2. The summed E-state index contributed by atoms with van der Waals surface area (Å²) >= 11 is 2.15. The molecule has 1 aromatic heterocycles. The van der Waals surface area contributed by atoms with E-state index in [1.807, 2.05) is 26.8 Å². The lowest BCUT2D eigenvalue weighted by atomic mass is 10.0. The lowest BCUT2D eigenvalue weighted by Gasteiger charge is -2.24. The minimum absolute atomic E-state index is 0.0721. The van der Waals surface area contributed by atoms with Crippen LogP contribution in [0.1, 0.15) is 48.8 Å². The molecule has 0 aliphatic heterocycles. The summed E-state index contributed by atoms with van der Waals surface area (Å²) in [6.07, 6.45) is 2.74. The van der Waals surface area contributed by atoms with E-state index in [-0.39, 0.29) is 11.9 Å². The number of amides is 1. The second kappa shape index (κ2) is 10.9. The summed E-state index contributed by atoms with van der Waals surface area (Å²) in [7, 11) is 1.72. The molecule has 1 atom stereocenters. The summed E-state index contributed by atoms with van der Waals surface area (Å²) in [5, 5.41) is 0. The SMILES string of the molecule is CN(CCCc1ccc(C(=O)c2ccc(OPI)cc2)cn1)C(=O)OC(C)(C)C. The van der Waals surface area contributed by atoms with Gasteiger partial charge in [-0.15, -0.1) is 0 Å². The predicted octanol–water partition coefficient (Wildman–Crippen LogP) is 5.43. The van der Waals surface area contributed by atoms with E-state index in [1.54, 1.807) is 48.5 Å². The molecule has 1 amide bonds. The van der Waals surface area contributed by atoms with Crippen molar-refractivity contribution in [2.75, 3.05) is 13.6 Å². The van der Waals surface area contributed by atoms with Crippen LogP contribution in [0, 0.1) is 0 Å². The van der Waals surface area contributed by atoms with E-state index in [9.17, 15) is 9.59 Å². The van der Waals surface area contributed by atoms with Crippen molar-refractivity contribution < 1.29 is 18.8 Å². The Labute approximate surface area is 186 Å². The molecule has 29 heavy (non-hydrogen) atoms. The van der Waals surface area contributed by atoms with Crippen molar-refractivity contribution >= 4 is 40.4 Å². The van der Waals surface area contributed by atoms with Gasteiger partial charge in [0.25, 0.3) is 0 Å². The van der Waals surface area contributed by atoms with Crippen LogP contribution in [0.25, 0.3) is 0 Å². The first-order valence-corrected chi connectivity index (χ1v) is 13.3. The van der Waals surface area contributed by atoms with E-state index in [2.05, 4.69) is 27.0 Å². The molecular weight excluding hydrogens is 502 g/mol. The Morgan fingerprint density at radius 2 is 1.76 bits per heavy atom. The maximum Gasteiger partial charge on any atom is 0.410 e. The van der Waals surface area contributed by atoms with Crippen LogP contribution in [0.4, 0.5) is 4.79 Å². The maximum absolute atomic E-state index is 12.6. The van der Waals surface area contributed by atoms with Crippen LogP contribution in [-0.2, 0) is 11.2 Å². The first kappa shape index (κ1) is 23.5. The normalized spacial score (nSPS) is 11.5. The van der Waals surface area contributed by atoms with Gasteiger partial charge in [0.05, 0.1) is 0 Å². The number of pyridine rings is 1. The van der Waals surface area contributed by atoms with Gasteiger partial charge in [0, 0.05) is 36.6 Å². The smallest absolute Gasteiger partial charge is 0.410 e. The number of carbonyl (C=O) groups excluding carboxylic acids is 2. The Balaban J connectivity index is 1.86. The van der Waals surface area contributed by atoms with Crippen molar-refractivity contribution in [3.63, 3.8) is 0 Å². The quantitative estimate of drug-likeness (QED) is 0.260. The fourth-order valence-electron chi connectivity index (χ4n) is 2.52. The molecule has 0 fully saturated rings. The van der Waals surface area contributed by atoms with Gasteiger partial charge in [-0.2, -0.15) is 0 Å². The molecule has 1 heterocycles. The average Bonchev–Trinajstić information content (AvgIpc) is 2.67. The zero-order valence-electron chi connectivity index (χ0n) is 17.1. The highest BCUT2D eigenvalue weighted by Crippen LogP contribution is 2.27. The number of ether oxygens (including phenoxy) is 1. The molecule has 0 radical (unpaired) electrons. The molecular formula is C21H26IN2O4P. The standard InChI is InChI=1S/C21H26IN2O4P/c1-21(2,3)27-20(26)24(4)13-5-6-17-10-7-16(14-23-17)19(25)15-8-11-18(12-9-15)28-29-22/h7-12,14,29H,5-6,13H2,1-4H3. The molecule has 0 aliphatic carbocycles. The zero-order chi connectivity index (χ0) is 21.4. The molecule has 2 aromatic rings. The summed E-state index contributed by atoms with van der Waals surface area (Å²) in [5.74, 6) is 0.677. The molecule has 8 heteroatoms. The van der Waals surface area contributed by atoms with Crippen molar-refractivity contribution in [2.24, 2.45) is 0 Å². The number of halogens is 1. The Bertz CT molecular complexity index is 820. The van der Waals surface area contributed by atoms with Gasteiger partial charge in [-0.05, 0) is 92.1 Å². The summed E-state index contributed by atoms with van der Waals surface area (Å²) in [6.45, 7) is 6.45. The number of benzene rings is 1. The highest BCUT2D eigenvalue weighted by Gasteiger charge is 2.19. The Hall–Kier alpha value is -1.73. The molecule has 0 N–H and O–H groups in total. The van der Waals surface area contributed by atoms with E-state index in [1.165, 1.54) is 0 Å². The fourth-order valence-corrected chi connectivity index (χ4v) is 3.51. The molecule has 1 aromatic carbocycles. The molecule has 6 nitrogen and oxygen atoms in total. The highest BCUT2D eigenvalue weighted by molar-refractivity contribution is 14.2. The number of hydrogen-bond donors (Lipinski definition) is 0. The van der Waals surface area contributed by atoms with Crippen molar-refractivity contribution in [3.05, 3.63) is 59.4 Å². The molecule has 0 bridgehead atoms. The molecule has 0 saturated carbocycles. The van der Waals surface area contributed by atoms with Gasteiger partial charge in [-0.1, -0.05) is 0 Å². The second-order valence-corrected chi connectivity index (χ2v) is 9.26. The Morgan fingerprint density at radius 3 is 2.31 bits per heavy atom. The van der Waals surface area contributed by atoms with Gasteiger partial charge in [0.15, 0.2) is 5.78 Å². The van der Waals surface area contributed by atoms with Gasteiger partial charge in [0.1, 0.15) is 17.8 Å². The Kier molecular flexibility index (Phi) is 8.83. The Morgan fingerprint density at radius 1 is 1.10 bits per heavy atom. The van der Waals surface area contributed by atoms with E-state index in [0.29, 0.717) is 30.5 Å². The molecule has 0 aliphatic rings.